The van der Waals surface area contributed by atoms with Gasteiger partial charge in [0, 0.05) is 5.56 Å². The number of benzene rings is 1. The van der Waals surface area contributed by atoms with Crippen molar-refractivity contribution in [3.8, 4) is 0 Å². The van der Waals surface area contributed by atoms with E-state index in [9.17, 15) is 23.3 Å². The molecule has 0 bridgehead atoms. The second kappa shape index (κ2) is 3.99. The number of aldehydes is 1. The monoisotopic (exact) mass is 244 g/mol. The van der Waals surface area contributed by atoms with Crippen LogP contribution in [-0.2, 0) is 10.0 Å². The molecule has 1 aromatic rings. The molecule has 86 valence electrons. The lowest BCUT2D eigenvalue weighted by Crippen LogP contribution is -2.13. The van der Waals surface area contributed by atoms with E-state index in [0.29, 0.717) is 0 Å². The van der Waals surface area contributed by atoms with Crippen molar-refractivity contribution in [1.82, 2.24) is 0 Å². The number of nitrogens with zero attached hydrogens (tertiary/aromatic N) is 1. The fraction of sp³-hybridized carbons (Fsp3) is 0.125. The lowest BCUT2D eigenvalue weighted by Gasteiger charge is -2.03. The lowest BCUT2D eigenvalue weighted by molar-refractivity contribution is -0.385. The predicted octanol–water partition coefficient (Wildman–Crippen LogP) is 0.363. The molecule has 0 fully saturated rings. The van der Waals surface area contributed by atoms with Gasteiger partial charge in [0.1, 0.15) is 0 Å². The molecule has 0 aromatic heterocycles. The van der Waals surface area contributed by atoms with Gasteiger partial charge in [0.05, 0.1) is 15.4 Å². The number of sulfonamides is 1. The van der Waals surface area contributed by atoms with Crippen LogP contribution in [-0.4, -0.2) is 19.6 Å². The molecule has 2 N–H and O–H groups in total. The van der Waals surface area contributed by atoms with Crippen LogP contribution in [0.2, 0.25) is 0 Å². The number of nitro benzene ring substituents is 1. The summed E-state index contributed by atoms with van der Waals surface area (Å²) < 4.78 is 22.1. The third-order valence-corrected chi connectivity index (χ3v) is 2.83. The summed E-state index contributed by atoms with van der Waals surface area (Å²) in [6, 6.07) is 1.94. The Morgan fingerprint density at radius 3 is 2.38 bits per heavy atom. The van der Waals surface area contributed by atoms with Crippen LogP contribution >= 0.6 is 0 Å². The zero-order chi connectivity index (χ0) is 12.5. The minimum absolute atomic E-state index is 0.0682. The van der Waals surface area contributed by atoms with Crippen LogP contribution in [0.5, 0.6) is 0 Å². The molecule has 7 nitrogen and oxygen atoms in total. The van der Waals surface area contributed by atoms with Crippen LogP contribution in [0.1, 0.15) is 15.9 Å². The van der Waals surface area contributed by atoms with Crippen LogP contribution in [0.15, 0.2) is 17.0 Å². The Morgan fingerprint density at radius 2 is 2.00 bits per heavy atom. The number of nitrogens with two attached hydrogens (primary N) is 1. The molecule has 1 rings (SSSR count). The van der Waals surface area contributed by atoms with Crippen LogP contribution < -0.4 is 5.14 Å². The van der Waals surface area contributed by atoms with Gasteiger partial charge in [-0.25, -0.2) is 13.6 Å². The van der Waals surface area contributed by atoms with Gasteiger partial charge < -0.3 is 0 Å². The quantitative estimate of drug-likeness (QED) is 0.467. The summed E-state index contributed by atoms with van der Waals surface area (Å²) in [4.78, 5) is 20.2. The number of nitro groups is 1. The van der Waals surface area contributed by atoms with Crippen molar-refractivity contribution in [2.75, 3.05) is 0 Å². The Morgan fingerprint density at radius 1 is 1.44 bits per heavy atom. The molecule has 0 aliphatic rings. The number of rotatable bonds is 3. The molecule has 0 aliphatic heterocycles. The molecule has 0 saturated carbocycles. The maximum atomic E-state index is 11.0. The van der Waals surface area contributed by atoms with Crippen LogP contribution in [0.3, 0.4) is 0 Å². The summed E-state index contributed by atoms with van der Waals surface area (Å²) in [6.07, 6.45) is 0.222. The number of hydrogen-bond acceptors (Lipinski definition) is 5. The molecular formula is C8H8N2O5S. The summed E-state index contributed by atoms with van der Waals surface area (Å²) >= 11 is 0. The average molecular weight is 244 g/mol. The molecule has 0 atom stereocenters. The van der Waals surface area contributed by atoms with Gasteiger partial charge in [0.25, 0.3) is 5.69 Å². The van der Waals surface area contributed by atoms with Gasteiger partial charge in [-0.3, -0.25) is 14.9 Å². The Hall–Kier alpha value is -1.80. The van der Waals surface area contributed by atoms with Crippen molar-refractivity contribution in [3.63, 3.8) is 0 Å². The fourth-order valence-corrected chi connectivity index (χ4v) is 1.91. The molecule has 8 heteroatoms. The minimum Gasteiger partial charge on any atom is -0.298 e. The first-order chi connectivity index (χ1) is 7.27. The van der Waals surface area contributed by atoms with Crippen molar-refractivity contribution in [3.05, 3.63) is 33.4 Å². The summed E-state index contributed by atoms with van der Waals surface area (Å²) in [5.74, 6) is 0. The third-order valence-electron chi connectivity index (χ3n) is 1.94. The number of carbonyl (C=O) groups is 1. The summed E-state index contributed by atoms with van der Waals surface area (Å²) in [7, 11) is -3.98. The SMILES string of the molecule is Cc1cc(S(N)(=O)=O)cc(C=O)c1[N+](=O)[O-]. The summed E-state index contributed by atoms with van der Waals surface area (Å²) in [6.45, 7) is 1.33. The third kappa shape index (κ3) is 2.23. The van der Waals surface area contributed by atoms with E-state index in [1.54, 1.807) is 0 Å². The molecule has 0 heterocycles. The molecule has 16 heavy (non-hydrogen) atoms. The normalized spacial score (nSPS) is 11.1. The highest BCUT2D eigenvalue weighted by Crippen LogP contribution is 2.25. The minimum atomic E-state index is -3.98. The zero-order valence-electron chi connectivity index (χ0n) is 8.21. The number of primary sulfonamides is 1. The number of carbonyl (C=O) groups excluding carboxylic acids is 1. The van der Waals surface area contributed by atoms with Gasteiger partial charge in [0.2, 0.25) is 10.0 Å². The first kappa shape index (κ1) is 12.3. The smallest absolute Gasteiger partial charge is 0.282 e. The largest absolute Gasteiger partial charge is 0.298 e. The van der Waals surface area contributed by atoms with E-state index >= 15 is 0 Å². The highest BCUT2D eigenvalue weighted by atomic mass is 32.2. The molecule has 0 spiro atoms. The van der Waals surface area contributed by atoms with E-state index in [1.807, 2.05) is 0 Å². The van der Waals surface area contributed by atoms with Crippen molar-refractivity contribution in [1.29, 1.82) is 0 Å². The van der Waals surface area contributed by atoms with Crippen molar-refractivity contribution in [2.45, 2.75) is 11.8 Å². The first-order valence-electron chi connectivity index (χ1n) is 4.04. The zero-order valence-corrected chi connectivity index (χ0v) is 9.02. The standard InChI is InChI=1S/C8H8N2O5S/c1-5-2-7(16(9,14)15)3-6(4-11)8(5)10(12)13/h2-4H,1H3,(H2,9,14,15). The van der Waals surface area contributed by atoms with Gasteiger partial charge >= 0.3 is 0 Å². The van der Waals surface area contributed by atoms with Crippen molar-refractivity contribution < 1.29 is 18.1 Å². The molecule has 0 radical (unpaired) electrons. The van der Waals surface area contributed by atoms with Gasteiger partial charge in [-0.15, -0.1) is 0 Å². The Labute approximate surface area is 91.1 Å². The molecule has 1 aromatic carbocycles. The maximum Gasteiger partial charge on any atom is 0.282 e. The lowest BCUT2D eigenvalue weighted by atomic mass is 10.1. The summed E-state index contributed by atoms with van der Waals surface area (Å²) in [5.41, 5.74) is -0.657. The first-order valence-corrected chi connectivity index (χ1v) is 5.59. The van der Waals surface area contributed by atoms with E-state index in [1.165, 1.54) is 6.92 Å². The molecule has 0 amide bonds. The van der Waals surface area contributed by atoms with Crippen LogP contribution in [0.4, 0.5) is 5.69 Å². The Bertz CT molecular complexity index is 564. The molecule has 0 aliphatic carbocycles. The Kier molecular flexibility index (Phi) is 3.06. The van der Waals surface area contributed by atoms with Gasteiger partial charge in [-0.2, -0.15) is 0 Å². The maximum absolute atomic E-state index is 11.0. The fourth-order valence-electron chi connectivity index (χ4n) is 1.28. The van der Waals surface area contributed by atoms with Gasteiger partial charge in [-0.1, -0.05) is 0 Å². The number of hydrogen-bond donors (Lipinski definition) is 1. The van der Waals surface area contributed by atoms with Crippen LogP contribution in [0, 0.1) is 17.0 Å². The highest BCUT2D eigenvalue weighted by Gasteiger charge is 2.21. The van der Waals surface area contributed by atoms with E-state index in [-0.39, 0.29) is 22.3 Å². The average Bonchev–Trinajstić information content (AvgIpc) is 2.14. The van der Waals surface area contributed by atoms with Gasteiger partial charge in [0.15, 0.2) is 6.29 Å². The van der Waals surface area contributed by atoms with Gasteiger partial charge in [-0.05, 0) is 19.1 Å². The number of aryl methyl sites for hydroxylation is 1. The van der Waals surface area contributed by atoms with E-state index in [4.69, 9.17) is 5.14 Å². The highest BCUT2D eigenvalue weighted by molar-refractivity contribution is 7.89. The van der Waals surface area contributed by atoms with Crippen LogP contribution in [0.25, 0.3) is 0 Å². The topological polar surface area (TPSA) is 120 Å². The predicted molar refractivity (Wildman–Crippen MR) is 54.6 cm³/mol. The van der Waals surface area contributed by atoms with E-state index < -0.39 is 20.6 Å². The van der Waals surface area contributed by atoms with E-state index in [0.717, 1.165) is 12.1 Å². The van der Waals surface area contributed by atoms with Crippen molar-refractivity contribution >= 4 is 22.0 Å². The second-order valence-corrected chi connectivity index (χ2v) is 4.66. The summed E-state index contributed by atoms with van der Waals surface area (Å²) in [5, 5.41) is 15.5. The second-order valence-electron chi connectivity index (χ2n) is 3.10. The molecule has 0 saturated heterocycles. The Balaban J connectivity index is 3.63. The van der Waals surface area contributed by atoms with Crippen molar-refractivity contribution in [2.24, 2.45) is 5.14 Å². The molecular weight excluding hydrogens is 236 g/mol. The van der Waals surface area contributed by atoms with E-state index in [2.05, 4.69) is 0 Å². The molecule has 0 unspecified atom stereocenters.